The summed E-state index contributed by atoms with van der Waals surface area (Å²) in [6, 6.07) is 0. The lowest BCUT2D eigenvalue weighted by atomic mass is 10.2. The molecular formula is C11H17NOS2. The normalized spacial score (nSPS) is 21.1. The number of thiazole rings is 1. The van der Waals surface area contributed by atoms with Crippen LogP contribution in [0.4, 0.5) is 0 Å². The maximum Gasteiger partial charge on any atom is 0.122 e. The van der Waals surface area contributed by atoms with Crippen molar-refractivity contribution >= 4 is 24.0 Å². The van der Waals surface area contributed by atoms with Crippen LogP contribution in [-0.4, -0.2) is 11.6 Å². The van der Waals surface area contributed by atoms with E-state index in [0.717, 1.165) is 31.6 Å². The van der Waals surface area contributed by atoms with Gasteiger partial charge in [-0.1, -0.05) is 13.3 Å². The quantitative estimate of drug-likeness (QED) is 0.819. The highest BCUT2D eigenvalue weighted by molar-refractivity contribution is 7.79. The molecule has 1 atom stereocenters. The Labute approximate surface area is 100 Å². The topological polar surface area (TPSA) is 22.1 Å². The molecule has 0 aromatic carbocycles. The minimum atomic E-state index is 0.263. The lowest BCUT2D eigenvalue weighted by Gasteiger charge is -2.03. The number of hydrogen-bond donors (Lipinski definition) is 1. The fraction of sp³-hybridized carbons (Fsp3) is 0.727. The summed E-state index contributed by atoms with van der Waals surface area (Å²) in [7, 11) is 0. The second-order valence-corrected chi connectivity index (χ2v) is 5.26. The highest BCUT2D eigenvalue weighted by Gasteiger charge is 2.22. The molecule has 1 aromatic heterocycles. The number of thiol groups is 1. The summed E-state index contributed by atoms with van der Waals surface area (Å²) in [4.78, 5) is 6.02. The lowest BCUT2D eigenvalue weighted by Crippen LogP contribution is -1.95. The minimum absolute atomic E-state index is 0.263. The maximum atomic E-state index is 5.65. The minimum Gasteiger partial charge on any atom is -0.371 e. The van der Waals surface area contributed by atoms with Crippen molar-refractivity contribution in [2.75, 3.05) is 6.61 Å². The number of hydrogen-bond acceptors (Lipinski definition) is 4. The molecule has 84 valence electrons. The van der Waals surface area contributed by atoms with Crippen LogP contribution >= 0.6 is 24.0 Å². The van der Waals surface area contributed by atoms with Crippen LogP contribution in [0.15, 0.2) is 0 Å². The van der Waals surface area contributed by atoms with Gasteiger partial charge in [0, 0.05) is 17.2 Å². The van der Waals surface area contributed by atoms with Crippen molar-refractivity contribution in [1.82, 2.24) is 4.98 Å². The molecule has 2 heterocycles. The van der Waals surface area contributed by atoms with Crippen molar-refractivity contribution in [1.29, 1.82) is 0 Å². The zero-order valence-corrected chi connectivity index (χ0v) is 10.7. The summed E-state index contributed by atoms with van der Waals surface area (Å²) >= 11 is 6.14. The Kier molecular flexibility index (Phi) is 4.05. The number of aromatic nitrogens is 1. The van der Waals surface area contributed by atoms with E-state index in [-0.39, 0.29) is 6.10 Å². The molecule has 0 saturated carbocycles. The molecule has 0 spiro atoms. The highest BCUT2D eigenvalue weighted by Crippen LogP contribution is 2.33. The number of nitrogens with zero attached hydrogens (tertiary/aromatic N) is 1. The Bertz CT molecular complexity index is 318. The van der Waals surface area contributed by atoms with Gasteiger partial charge < -0.3 is 4.74 Å². The van der Waals surface area contributed by atoms with Crippen LogP contribution < -0.4 is 0 Å². The predicted octanol–water partition coefficient (Wildman–Crippen LogP) is 3.38. The van der Waals surface area contributed by atoms with E-state index in [4.69, 9.17) is 9.72 Å². The Morgan fingerprint density at radius 1 is 1.60 bits per heavy atom. The van der Waals surface area contributed by atoms with Gasteiger partial charge >= 0.3 is 0 Å². The molecule has 4 heteroatoms. The van der Waals surface area contributed by atoms with Crippen molar-refractivity contribution in [3.63, 3.8) is 0 Å². The van der Waals surface area contributed by atoms with E-state index in [9.17, 15) is 0 Å². The first kappa shape index (κ1) is 11.4. The Balaban J connectivity index is 2.17. The van der Waals surface area contributed by atoms with Gasteiger partial charge in [-0.2, -0.15) is 12.6 Å². The molecule has 1 aliphatic heterocycles. The molecule has 1 unspecified atom stereocenters. The van der Waals surface area contributed by atoms with Gasteiger partial charge in [-0.3, -0.25) is 0 Å². The molecular weight excluding hydrogens is 226 g/mol. The van der Waals surface area contributed by atoms with Crippen LogP contribution in [0, 0.1) is 0 Å². The van der Waals surface area contributed by atoms with Crippen molar-refractivity contribution in [3.8, 4) is 0 Å². The van der Waals surface area contributed by atoms with Gasteiger partial charge in [0.25, 0.3) is 0 Å². The van der Waals surface area contributed by atoms with Crippen LogP contribution in [-0.2, 0) is 16.9 Å². The molecule has 0 radical (unpaired) electrons. The van der Waals surface area contributed by atoms with Gasteiger partial charge in [0.1, 0.15) is 11.1 Å². The summed E-state index contributed by atoms with van der Waals surface area (Å²) in [5.74, 6) is 0.805. The Hall–Kier alpha value is -0.0600. The monoisotopic (exact) mass is 243 g/mol. The van der Waals surface area contributed by atoms with Gasteiger partial charge in [0.05, 0.1) is 5.69 Å². The van der Waals surface area contributed by atoms with Gasteiger partial charge in [-0.15, -0.1) is 11.3 Å². The van der Waals surface area contributed by atoms with Gasteiger partial charge in [0.15, 0.2) is 0 Å². The second-order valence-electron chi connectivity index (χ2n) is 3.83. The van der Waals surface area contributed by atoms with Crippen molar-refractivity contribution in [2.45, 2.75) is 44.5 Å². The SMILES string of the molecule is CCCc1nc(C2CCCO2)sc1CS. The van der Waals surface area contributed by atoms with Crippen LogP contribution in [0.3, 0.4) is 0 Å². The fourth-order valence-electron chi connectivity index (χ4n) is 1.87. The van der Waals surface area contributed by atoms with E-state index >= 15 is 0 Å². The first-order valence-electron chi connectivity index (χ1n) is 5.56. The van der Waals surface area contributed by atoms with E-state index in [1.807, 2.05) is 0 Å². The smallest absolute Gasteiger partial charge is 0.122 e. The molecule has 15 heavy (non-hydrogen) atoms. The molecule has 2 nitrogen and oxygen atoms in total. The summed E-state index contributed by atoms with van der Waals surface area (Å²) in [5, 5.41) is 1.17. The third kappa shape index (κ3) is 2.55. The zero-order chi connectivity index (χ0) is 10.7. The Morgan fingerprint density at radius 3 is 3.07 bits per heavy atom. The summed E-state index contributed by atoms with van der Waals surface area (Å²) in [6.07, 6.45) is 4.78. The second kappa shape index (κ2) is 5.32. The summed E-state index contributed by atoms with van der Waals surface area (Å²) < 4.78 is 5.65. The van der Waals surface area contributed by atoms with Crippen LogP contribution in [0.25, 0.3) is 0 Å². The third-order valence-electron chi connectivity index (χ3n) is 2.63. The first-order valence-corrected chi connectivity index (χ1v) is 7.01. The van der Waals surface area contributed by atoms with Crippen LogP contribution in [0.2, 0.25) is 0 Å². The summed E-state index contributed by atoms with van der Waals surface area (Å²) in [6.45, 7) is 3.08. The van der Waals surface area contributed by atoms with Crippen molar-refractivity contribution in [3.05, 3.63) is 15.6 Å². The molecule has 1 aromatic rings. The van der Waals surface area contributed by atoms with Crippen LogP contribution in [0.1, 0.15) is 47.9 Å². The highest BCUT2D eigenvalue weighted by atomic mass is 32.1. The number of rotatable bonds is 4. The molecule has 1 fully saturated rings. The van der Waals surface area contributed by atoms with Gasteiger partial charge in [-0.05, 0) is 19.3 Å². The van der Waals surface area contributed by atoms with Gasteiger partial charge in [-0.25, -0.2) is 4.98 Å². The van der Waals surface area contributed by atoms with E-state index < -0.39 is 0 Å². The molecule has 0 aliphatic carbocycles. The fourth-order valence-corrected chi connectivity index (χ4v) is 3.30. The lowest BCUT2D eigenvalue weighted by molar-refractivity contribution is 0.111. The van der Waals surface area contributed by atoms with E-state index in [1.165, 1.54) is 22.0 Å². The zero-order valence-electron chi connectivity index (χ0n) is 9.03. The maximum absolute atomic E-state index is 5.65. The average molecular weight is 243 g/mol. The molecule has 0 amide bonds. The van der Waals surface area contributed by atoms with E-state index in [2.05, 4.69) is 19.6 Å². The third-order valence-corrected chi connectivity index (χ3v) is 4.35. The number of aryl methyl sites for hydroxylation is 1. The largest absolute Gasteiger partial charge is 0.371 e. The van der Waals surface area contributed by atoms with Crippen molar-refractivity contribution in [2.24, 2.45) is 0 Å². The Morgan fingerprint density at radius 2 is 2.47 bits per heavy atom. The van der Waals surface area contributed by atoms with E-state index in [0.29, 0.717) is 0 Å². The molecule has 1 aliphatic rings. The molecule has 2 rings (SSSR count). The molecule has 0 bridgehead atoms. The van der Waals surface area contributed by atoms with E-state index in [1.54, 1.807) is 11.3 Å². The average Bonchev–Trinajstić information content (AvgIpc) is 2.84. The van der Waals surface area contributed by atoms with Crippen LogP contribution in [0.5, 0.6) is 0 Å². The van der Waals surface area contributed by atoms with Crippen molar-refractivity contribution < 1.29 is 4.74 Å². The first-order chi connectivity index (χ1) is 7.35. The standard InChI is InChI=1S/C11H17NOS2/c1-2-4-8-10(7-14)15-11(12-8)9-5-3-6-13-9/h9,14H,2-7H2,1H3. The predicted molar refractivity (Wildman–Crippen MR) is 66.7 cm³/mol. The molecule has 1 saturated heterocycles. The van der Waals surface area contributed by atoms with Gasteiger partial charge in [0.2, 0.25) is 0 Å². The number of ether oxygens (including phenoxy) is 1. The molecule has 0 N–H and O–H groups in total. The summed E-state index contributed by atoms with van der Waals surface area (Å²) in [5.41, 5.74) is 1.24.